The summed E-state index contributed by atoms with van der Waals surface area (Å²) in [7, 11) is 0. The topological polar surface area (TPSA) is 20.2 Å². The molecule has 0 amide bonds. The van der Waals surface area contributed by atoms with Gasteiger partial charge in [-0.25, -0.2) is 0 Å². The molecule has 0 radical (unpaired) electrons. The molecule has 0 aliphatic carbocycles. The zero-order valence-electron chi connectivity index (χ0n) is 7.52. The zero-order valence-corrected chi connectivity index (χ0v) is 8.27. The lowest BCUT2D eigenvalue weighted by molar-refractivity contribution is 0.281. The minimum atomic E-state index is 0.296. The molecule has 0 fully saturated rings. The van der Waals surface area contributed by atoms with Gasteiger partial charge in [0.1, 0.15) is 0 Å². The first-order valence-corrected chi connectivity index (χ1v) is 4.91. The average Bonchev–Trinajstić information content (AvgIpc) is 2.03. The van der Waals surface area contributed by atoms with E-state index < -0.39 is 0 Å². The summed E-state index contributed by atoms with van der Waals surface area (Å²) in [5, 5.41) is 8.83. The molecule has 0 aliphatic rings. The van der Waals surface area contributed by atoms with E-state index >= 15 is 0 Å². The van der Waals surface area contributed by atoms with Crippen molar-refractivity contribution in [3.05, 3.63) is 0 Å². The van der Waals surface area contributed by atoms with E-state index in [9.17, 15) is 0 Å². The van der Waals surface area contributed by atoms with Gasteiger partial charge in [-0.15, -0.1) is 11.6 Å². The minimum Gasteiger partial charge on any atom is -0.396 e. The number of rotatable bonds is 6. The van der Waals surface area contributed by atoms with Crippen LogP contribution in [0.2, 0.25) is 0 Å². The van der Waals surface area contributed by atoms with E-state index in [1.165, 1.54) is 0 Å². The van der Waals surface area contributed by atoms with Crippen LogP contribution in [-0.4, -0.2) is 17.1 Å². The minimum absolute atomic E-state index is 0.296. The van der Waals surface area contributed by atoms with Crippen molar-refractivity contribution in [1.82, 2.24) is 0 Å². The standard InChI is InChI=1S/C9H19ClO/c1-3-8(2)9(10)6-4-5-7-11/h8-9,11H,3-7H2,1-2H3. The molecule has 2 heteroatoms. The van der Waals surface area contributed by atoms with Gasteiger partial charge in [-0.05, 0) is 25.2 Å². The molecule has 0 heterocycles. The van der Waals surface area contributed by atoms with E-state index in [4.69, 9.17) is 16.7 Å². The van der Waals surface area contributed by atoms with E-state index in [1.807, 2.05) is 0 Å². The van der Waals surface area contributed by atoms with Crippen LogP contribution in [0.25, 0.3) is 0 Å². The fraction of sp³-hybridized carbons (Fsp3) is 1.00. The van der Waals surface area contributed by atoms with Crippen LogP contribution in [0.1, 0.15) is 39.5 Å². The van der Waals surface area contributed by atoms with Gasteiger partial charge >= 0.3 is 0 Å². The maximum absolute atomic E-state index is 8.53. The molecule has 0 aromatic carbocycles. The number of aliphatic hydroxyl groups excluding tert-OH is 1. The maximum atomic E-state index is 8.53. The van der Waals surface area contributed by atoms with Gasteiger partial charge in [-0.3, -0.25) is 0 Å². The van der Waals surface area contributed by atoms with Crippen LogP contribution in [-0.2, 0) is 0 Å². The largest absolute Gasteiger partial charge is 0.396 e. The quantitative estimate of drug-likeness (QED) is 0.490. The molecule has 2 unspecified atom stereocenters. The second-order valence-electron chi connectivity index (χ2n) is 3.12. The first kappa shape index (κ1) is 11.2. The highest BCUT2D eigenvalue weighted by molar-refractivity contribution is 6.20. The number of unbranched alkanes of at least 4 members (excludes halogenated alkanes) is 1. The molecular formula is C9H19ClO. The molecule has 11 heavy (non-hydrogen) atoms. The van der Waals surface area contributed by atoms with Crippen LogP contribution >= 0.6 is 11.6 Å². The van der Waals surface area contributed by atoms with Crippen molar-refractivity contribution in [3.63, 3.8) is 0 Å². The Morgan fingerprint density at radius 2 is 2.00 bits per heavy atom. The van der Waals surface area contributed by atoms with E-state index in [2.05, 4.69) is 13.8 Å². The summed E-state index contributed by atoms with van der Waals surface area (Å²) in [5.41, 5.74) is 0. The average molecular weight is 179 g/mol. The summed E-state index contributed by atoms with van der Waals surface area (Å²) in [5.74, 6) is 0.607. The number of hydrogen-bond donors (Lipinski definition) is 1. The van der Waals surface area contributed by atoms with Gasteiger partial charge in [0.2, 0.25) is 0 Å². The van der Waals surface area contributed by atoms with Crippen LogP contribution in [0.15, 0.2) is 0 Å². The SMILES string of the molecule is CCC(C)C(Cl)CCCCO. The second-order valence-corrected chi connectivity index (χ2v) is 3.68. The Morgan fingerprint density at radius 3 is 2.45 bits per heavy atom. The molecule has 68 valence electrons. The Morgan fingerprint density at radius 1 is 1.36 bits per heavy atom. The Labute approximate surface area is 74.8 Å². The Hall–Kier alpha value is 0.250. The number of halogens is 1. The normalized spacial score (nSPS) is 16.4. The molecule has 0 saturated heterocycles. The van der Waals surface area contributed by atoms with Crippen molar-refractivity contribution in [1.29, 1.82) is 0 Å². The Kier molecular flexibility index (Phi) is 7.09. The molecule has 0 aliphatic heterocycles. The maximum Gasteiger partial charge on any atom is 0.0431 e. The van der Waals surface area contributed by atoms with Crippen LogP contribution in [0.5, 0.6) is 0 Å². The zero-order chi connectivity index (χ0) is 8.69. The Balaban J connectivity index is 3.28. The third-order valence-electron chi connectivity index (χ3n) is 2.15. The number of alkyl halides is 1. The van der Waals surface area contributed by atoms with Crippen molar-refractivity contribution in [2.75, 3.05) is 6.61 Å². The van der Waals surface area contributed by atoms with Crippen molar-refractivity contribution >= 4 is 11.6 Å². The van der Waals surface area contributed by atoms with E-state index in [1.54, 1.807) is 0 Å². The lowest BCUT2D eigenvalue weighted by Gasteiger charge is -2.15. The summed E-state index contributed by atoms with van der Waals surface area (Å²) in [4.78, 5) is 0. The van der Waals surface area contributed by atoms with Crippen LogP contribution in [0.3, 0.4) is 0 Å². The first-order valence-electron chi connectivity index (χ1n) is 4.47. The van der Waals surface area contributed by atoms with Crippen LogP contribution in [0, 0.1) is 5.92 Å². The van der Waals surface area contributed by atoms with E-state index in [-0.39, 0.29) is 0 Å². The van der Waals surface area contributed by atoms with Crippen molar-refractivity contribution < 1.29 is 5.11 Å². The number of hydrogen-bond acceptors (Lipinski definition) is 1. The van der Waals surface area contributed by atoms with Gasteiger partial charge in [-0.1, -0.05) is 20.3 Å². The third kappa shape index (κ3) is 5.51. The molecule has 1 nitrogen and oxygen atoms in total. The van der Waals surface area contributed by atoms with Gasteiger partial charge in [0.25, 0.3) is 0 Å². The third-order valence-corrected chi connectivity index (χ3v) is 2.80. The van der Waals surface area contributed by atoms with Crippen molar-refractivity contribution in [3.8, 4) is 0 Å². The molecule has 0 saturated carbocycles. The molecule has 0 spiro atoms. The van der Waals surface area contributed by atoms with Crippen LogP contribution in [0.4, 0.5) is 0 Å². The summed E-state index contributed by atoms with van der Waals surface area (Å²) in [6.07, 6.45) is 4.12. The molecular weight excluding hydrogens is 160 g/mol. The fourth-order valence-electron chi connectivity index (χ4n) is 0.991. The lowest BCUT2D eigenvalue weighted by Crippen LogP contribution is -2.10. The first-order chi connectivity index (χ1) is 5.22. The van der Waals surface area contributed by atoms with Crippen LogP contribution < -0.4 is 0 Å². The van der Waals surface area contributed by atoms with Gasteiger partial charge in [0, 0.05) is 12.0 Å². The summed E-state index contributed by atoms with van der Waals surface area (Å²) in [6.45, 7) is 4.63. The second kappa shape index (κ2) is 6.93. The van der Waals surface area contributed by atoms with Gasteiger partial charge in [-0.2, -0.15) is 0 Å². The number of aliphatic hydroxyl groups is 1. The highest BCUT2D eigenvalue weighted by Crippen LogP contribution is 2.19. The predicted molar refractivity (Wildman–Crippen MR) is 50.0 cm³/mol. The summed E-state index contributed by atoms with van der Waals surface area (Å²) in [6, 6.07) is 0. The van der Waals surface area contributed by atoms with E-state index in [0.717, 1.165) is 25.7 Å². The summed E-state index contributed by atoms with van der Waals surface area (Å²) < 4.78 is 0. The van der Waals surface area contributed by atoms with Gasteiger partial charge in [0.15, 0.2) is 0 Å². The molecule has 0 aromatic rings. The van der Waals surface area contributed by atoms with Gasteiger partial charge in [0.05, 0.1) is 0 Å². The predicted octanol–water partition coefficient (Wildman–Crippen LogP) is 2.80. The fourth-order valence-corrected chi connectivity index (χ4v) is 1.32. The highest BCUT2D eigenvalue weighted by atomic mass is 35.5. The van der Waals surface area contributed by atoms with E-state index in [0.29, 0.717) is 17.9 Å². The molecule has 0 aromatic heterocycles. The highest BCUT2D eigenvalue weighted by Gasteiger charge is 2.10. The van der Waals surface area contributed by atoms with Crippen molar-refractivity contribution in [2.24, 2.45) is 5.92 Å². The molecule has 1 N–H and O–H groups in total. The molecule has 2 atom stereocenters. The molecule has 0 rings (SSSR count). The van der Waals surface area contributed by atoms with Gasteiger partial charge < -0.3 is 5.11 Å². The monoisotopic (exact) mass is 178 g/mol. The molecule has 0 bridgehead atoms. The smallest absolute Gasteiger partial charge is 0.0431 e. The lowest BCUT2D eigenvalue weighted by atomic mass is 10.0. The van der Waals surface area contributed by atoms with Crippen molar-refractivity contribution in [2.45, 2.75) is 44.9 Å². The Bertz CT molecular complexity index is 85.6. The summed E-state index contributed by atoms with van der Waals surface area (Å²) >= 11 is 6.09.